The van der Waals surface area contributed by atoms with Crippen LogP contribution in [0.1, 0.15) is 6.42 Å². The van der Waals surface area contributed by atoms with E-state index < -0.39 is 37.7 Å². The van der Waals surface area contributed by atoms with Crippen molar-refractivity contribution in [2.45, 2.75) is 12.6 Å². The standard InChI is InChI=1S/C12H13F3N2O4/c13-12(14,15)5-6-16-11(20)17-8-1-3-9(4-2-8)21-7-10(18)19/h1-4H,5-7H2,(H,18,19)(H2,16,17,20). The first-order chi connectivity index (χ1) is 9.76. The summed E-state index contributed by atoms with van der Waals surface area (Å²) in [6, 6.07) is 4.95. The number of hydrogen-bond donors (Lipinski definition) is 3. The van der Waals surface area contributed by atoms with Crippen LogP contribution in [0.5, 0.6) is 5.75 Å². The molecule has 0 unspecified atom stereocenters. The summed E-state index contributed by atoms with van der Waals surface area (Å²) in [6.45, 7) is -1.01. The van der Waals surface area contributed by atoms with Gasteiger partial charge in [0.1, 0.15) is 5.75 Å². The first kappa shape index (κ1) is 16.6. The molecular formula is C12H13F3N2O4. The third kappa shape index (κ3) is 7.65. The van der Waals surface area contributed by atoms with Crippen LogP contribution in [0.4, 0.5) is 23.7 Å². The second-order valence-electron chi connectivity index (χ2n) is 3.95. The van der Waals surface area contributed by atoms with E-state index >= 15 is 0 Å². The summed E-state index contributed by atoms with van der Waals surface area (Å²) >= 11 is 0. The zero-order chi connectivity index (χ0) is 15.9. The summed E-state index contributed by atoms with van der Waals surface area (Å²) in [4.78, 5) is 21.6. The van der Waals surface area contributed by atoms with Gasteiger partial charge in [0.15, 0.2) is 6.61 Å². The van der Waals surface area contributed by atoms with E-state index in [4.69, 9.17) is 9.84 Å². The Morgan fingerprint density at radius 3 is 2.33 bits per heavy atom. The largest absolute Gasteiger partial charge is 0.482 e. The van der Waals surface area contributed by atoms with Crippen molar-refractivity contribution < 1.29 is 32.6 Å². The van der Waals surface area contributed by atoms with E-state index in [9.17, 15) is 22.8 Å². The average Bonchev–Trinajstić information content (AvgIpc) is 2.36. The van der Waals surface area contributed by atoms with Crippen LogP contribution in [0.3, 0.4) is 0 Å². The van der Waals surface area contributed by atoms with Gasteiger partial charge in [-0.25, -0.2) is 9.59 Å². The van der Waals surface area contributed by atoms with Gasteiger partial charge in [-0.1, -0.05) is 0 Å². The van der Waals surface area contributed by atoms with Gasteiger partial charge in [-0.2, -0.15) is 13.2 Å². The van der Waals surface area contributed by atoms with E-state index in [1.165, 1.54) is 24.3 Å². The maximum atomic E-state index is 11.9. The van der Waals surface area contributed by atoms with Gasteiger partial charge in [-0.3, -0.25) is 0 Å². The molecule has 0 heterocycles. The number of aliphatic carboxylic acids is 1. The number of carbonyl (C=O) groups excluding carboxylic acids is 1. The van der Waals surface area contributed by atoms with Crippen molar-refractivity contribution in [3.05, 3.63) is 24.3 Å². The van der Waals surface area contributed by atoms with Crippen molar-refractivity contribution in [1.29, 1.82) is 0 Å². The molecule has 1 aromatic rings. The van der Waals surface area contributed by atoms with E-state index in [1.807, 2.05) is 0 Å². The van der Waals surface area contributed by atoms with Gasteiger partial charge in [-0.15, -0.1) is 0 Å². The van der Waals surface area contributed by atoms with Crippen molar-refractivity contribution in [2.24, 2.45) is 0 Å². The number of alkyl halides is 3. The summed E-state index contributed by atoms with van der Waals surface area (Å²) < 4.78 is 40.5. The number of benzene rings is 1. The minimum atomic E-state index is -4.32. The van der Waals surface area contributed by atoms with Gasteiger partial charge in [-0.05, 0) is 24.3 Å². The van der Waals surface area contributed by atoms with Crippen LogP contribution in [0.25, 0.3) is 0 Å². The molecule has 0 aliphatic rings. The number of rotatable bonds is 6. The Labute approximate surface area is 117 Å². The molecule has 6 nitrogen and oxygen atoms in total. The topological polar surface area (TPSA) is 87.7 Å². The smallest absolute Gasteiger partial charge is 0.390 e. The molecule has 0 aliphatic heterocycles. The highest BCUT2D eigenvalue weighted by Crippen LogP contribution is 2.18. The summed E-state index contributed by atoms with van der Waals surface area (Å²) in [5, 5.41) is 12.8. The van der Waals surface area contributed by atoms with Crippen molar-refractivity contribution in [1.82, 2.24) is 5.32 Å². The molecule has 0 spiro atoms. The maximum absolute atomic E-state index is 11.9. The van der Waals surface area contributed by atoms with E-state index in [2.05, 4.69) is 10.6 Å². The average molecular weight is 306 g/mol. The van der Waals surface area contributed by atoms with Gasteiger partial charge in [0.25, 0.3) is 0 Å². The van der Waals surface area contributed by atoms with E-state index in [-0.39, 0.29) is 0 Å². The Morgan fingerprint density at radius 1 is 1.19 bits per heavy atom. The Hall–Kier alpha value is -2.45. The van der Waals surface area contributed by atoms with Crippen LogP contribution in [0.2, 0.25) is 0 Å². The Morgan fingerprint density at radius 2 is 1.81 bits per heavy atom. The first-order valence-electron chi connectivity index (χ1n) is 5.82. The van der Waals surface area contributed by atoms with Gasteiger partial charge < -0.3 is 20.5 Å². The Balaban J connectivity index is 2.37. The van der Waals surface area contributed by atoms with E-state index in [0.29, 0.717) is 11.4 Å². The Bertz CT molecular complexity index is 488. The number of urea groups is 1. The number of ether oxygens (including phenoxy) is 1. The van der Waals surface area contributed by atoms with Crippen molar-refractivity contribution in [2.75, 3.05) is 18.5 Å². The molecule has 0 aromatic heterocycles. The first-order valence-corrected chi connectivity index (χ1v) is 5.82. The number of halogens is 3. The highest BCUT2D eigenvalue weighted by Gasteiger charge is 2.26. The zero-order valence-electron chi connectivity index (χ0n) is 10.7. The number of anilines is 1. The molecular weight excluding hydrogens is 293 g/mol. The third-order valence-corrected chi connectivity index (χ3v) is 2.17. The summed E-state index contributed by atoms with van der Waals surface area (Å²) in [7, 11) is 0. The SMILES string of the molecule is O=C(O)COc1ccc(NC(=O)NCCC(F)(F)F)cc1. The molecule has 0 radical (unpaired) electrons. The van der Waals surface area contributed by atoms with Gasteiger partial charge in [0.2, 0.25) is 0 Å². The van der Waals surface area contributed by atoms with Gasteiger partial charge >= 0.3 is 18.2 Å². The molecule has 1 rings (SSSR count). The lowest BCUT2D eigenvalue weighted by Crippen LogP contribution is -2.31. The normalized spacial score (nSPS) is 10.8. The van der Waals surface area contributed by atoms with Crippen LogP contribution in [-0.2, 0) is 4.79 Å². The summed E-state index contributed by atoms with van der Waals surface area (Å²) in [6.07, 6.45) is -5.43. The van der Waals surface area contributed by atoms with Crippen LogP contribution in [0.15, 0.2) is 24.3 Å². The second kappa shape index (κ2) is 7.36. The molecule has 3 N–H and O–H groups in total. The molecule has 0 fully saturated rings. The van der Waals surface area contributed by atoms with Crippen molar-refractivity contribution >= 4 is 17.7 Å². The Kier molecular flexibility index (Phi) is 5.82. The number of carbonyl (C=O) groups is 2. The van der Waals surface area contributed by atoms with Crippen LogP contribution in [-0.4, -0.2) is 36.4 Å². The lowest BCUT2D eigenvalue weighted by molar-refractivity contribution is -0.139. The fraction of sp³-hybridized carbons (Fsp3) is 0.333. The minimum absolute atomic E-state index is 0.292. The fourth-order valence-corrected chi connectivity index (χ4v) is 1.27. The molecule has 9 heteroatoms. The molecule has 0 bridgehead atoms. The number of amides is 2. The highest BCUT2D eigenvalue weighted by atomic mass is 19.4. The van der Waals surface area contributed by atoms with Crippen LogP contribution >= 0.6 is 0 Å². The number of nitrogens with one attached hydrogen (secondary N) is 2. The van der Waals surface area contributed by atoms with Crippen LogP contribution in [0, 0.1) is 0 Å². The zero-order valence-corrected chi connectivity index (χ0v) is 10.7. The molecule has 2 amide bonds. The molecule has 116 valence electrons. The minimum Gasteiger partial charge on any atom is -0.482 e. The molecule has 0 saturated carbocycles. The van der Waals surface area contributed by atoms with E-state index in [1.54, 1.807) is 0 Å². The summed E-state index contributed by atoms with van der Waals surface area (Å²) in [5.74, 6) is -0.832. The molecule has 0 atom stereocenters. The van der Waals surface area contributed by atoms with Gasteiger partial charge in [0, 0.05) is 12.2 Å². The highest BCUT2D eigenvalue weighted by molar-refractivity contribution is 5.89. The number of carboxylic acids is 1. The lowest BCUT2D eigenvalue weighted by Gasteiger charge is -2.10. The lowest BCUT2D eigenvalue weighted by atomic mass is 10.3. The third-order valence-electron chi connectivity index (χ3n) is 2.17. The fourth-order valence-electron chi connectivity index (χ4n) is 1.27. The molecule has 0 aliphatic carbocycles. The number of carboxylic acid groups (broad SMARTS) is 1. The predicted molar refractivity (Wildman–Crippen MR) is 67.3 cm³/mol. The molecule has 21 heavy (non-hydrogen) atoms. The van der Waals surface area contributed by atoms with Gasteiger partial charge in [0.05, 0.1) is 6.42 Å². The van der Waals surface area contributed by atoms with E-state index in [0.717, 1.165) is 0 Å². The van der Waals surface area contributed by atoms with Crippen molar-refractivity contribution in [3.8, 4) is 5.75 Å². The second-order valence-corrected chi connectivity index (χ2v) is 3.95. The number of hydrogen-bond acceptors (Lipinski definition) is 3. The quantitative estimate of drug-likeness (QED) is 0.752. The molecule has 1 aromatic carbocycles. The van der Waals surface area contributed by atoms with Crippen molar-refractivity contribution in [3.63, 3.8) is 0 Å². The molecule has 0 saturated heterocycles. The monoisotopic (exact) mass is 306 g/mol. The summed E-state index contributed by atoms with van der Waals surface area (Å²) in [5.41, 5.74) is 0.335. The predicted octanol–water partition coefficient (Wildman–Crippen LogP) is 2.22. The maximum Gasteiger partial charge on any atom is 0.390 e. The van der Waals surface area contributed by atoms with Crippen LogP contribution < -0.4 is 15.4 Å².